The normalized spacial score (nSPS) is 46.5. The molecule has 0 radical (unpaired) electrons. The van der Waals surface area contributed by atoms with E-state index in [1.165, 1.54) is 0 Å². The molecule has 0 heterocycles. The van der Waals surface area contributed by atoms with Crippen molar-refractivity contribution in [1.29, 1.82) is 0 Å². The number of alkyl halides is 3. The van der Waals surface area contributed by atoms with Crippen molar-refractivity contribution in [3.05, 3.63) is 0 Å². The third-order valence-corrected chi connectivity index (χ3v) is 2.83. The molecule has 2 aliphatic rings. The summed E-state index contributed by atoms with van der Waals surface area (Å²) >= 11 is 0. The molecule has 2 rings (SSSR count). The summed E-state index contributed by atoms with van der Waals surface area (Å²) in [5.74, 6) is -1.30. The summed E-state index contributed by atoms with van der Waals surface area (Å²) in [6.07, 6.45) is -4.73. The van der Waals surface area contributed by atoms with E-state index in [9.17, 15) is 18.0 Å². The molecule has 0 aliphatic heterocycles. The van der Waals surface area contributed by atoms with Gasteiger partial charge >= 0.3 is 12.1 Å². The molecule has 0 unspecified atom stereocenters. The van der Waals surface area contributed by atoms with Crippen molar-refractivity contribution in [2.75, 3.05) is 0 Å². The number of halogens is 3. The second-order valence-corrected chi connectivity index (χ2v) is 3.32. The van der Waals surface area contributed by atoms with Crippen LogP contribution in [0.3, 0.4) is 0 Å². The molecule has 2 saturated carbocycles. The molecular weight excluding hydrogens is 161 g/mol. The summed E-state index contributed by atoms with van der Waals surface area (Å²) in [5.41, 5.74) is -3.24. The van der Waals surface area contributed by atoms with Gasteiger partial charge in [-0.15, -0.1) is 0 Å². The van der Waals surface area contributed by atoms with E-state index in [1.54, 1.807) is 0 Å². The van der Waals surface area contributed by atoms with E-state index < -0.39 is 23.0 Å². The van der Waals surface area contributed by atoms with Crippen LogP contribution in [0.25, 0.3) is 0 Å². The summed E-state index contributed by atoms with van der Waals surface area (Å²) < 4.78 is 36.0. The lowest BCUT2D eigenvalue weighted by atomic mass is 10.2. The molecule has 0 saturated heterocycles. The Balaban J connectivity index is 2.21. The fraction of sp³-hybridized carbons (Fsp3) is 0.833. The Bertz CT molecular complexity index is 237. The van der Waals surface area contributed by atoms with Gasteiger partial charge in [0, 0.05) is 0 Å². The van der Waals surface area contributed by atoms with Gasteiger partial charge in [0.25, 0.3) is 0 Å². The van der Waals surface area contributed by atoms with Crippen LogP contribution in [0.4, 0.5) is 13.2 Å². The molecule has 0 amide bonds. The zero-order valence-corrected chi connectivity index (χ0v) is 5.40. The Morgan fingerprint density at radius 1 is 1.36 bits per heavy atom. The quantitative estimate of drug-likeness (QED) is 0.639. The number of aliphatic carboxylic acids is 1. The average molecular weight is 166 g/mol. The fourth-order valence-electron chi connectivity index (χ4n) is 1.72. The average Bonchev–Trinajstić information content (AvgIpc) is 2.36. The van der Waals surface area contributed by atoms with Crippen LogP contribution in [0.1, 0.15) is 12.8 Å². The first-order chi connectivity index (χ1) is 4.86. The van der Waals surface area contributed by atoms with Gasteiger partial charge in [-0.2, -0.15) is 13.2 Å². The number of hydrogen-bond donors (Lipinski definition) is 1. The molecule has 0 aromatic rings. The minimum Gasteiger partial charge on any atom is -0.481 e. The molecule has 0 bridgehead atoms. The predicted molar refractivity (Wildman–Crippen MR) is 27.8 cm³/mol. The predicted octanol–water partition coefficient (Wildman–Crippen LogP) is 1.41. The zero-order chi connectivity index (χ0) is 8.49. The molecule has 0 atom stereocenters. The third-order valence-electron chi connectivity index (χ3n) is 2.83. The van der Waals surface area contributed by atoms with Crippen molar-refractivity contribution in [2.24, 2.45) is 10.8 Å². The van der Waals surface area contributed by atoms with Gasteiger partial charge in [0.2, 0.25) is 0 Å². The molecule has 2 aliphatic carbocycles. The summed E-state index contributed by atoms with van der Waals surface area (Å²) in [6, 6.07) is 0. The summed E-state index contributed by atoms with van der Waals surface area (Å²) in [6.45, 7) is 0. The highest BCUT2D eigenvalue weighted by Crippen LogP contribution is 2.90. The second kappa shape index (κ2) is 1.28. The highest BCUT2D eigenvalue weighted by Gasteiger charge is 2.97. The summed E-state index contributed by atoms with van der Waals surface area (Å²) in [5, 5.41) is 8.38. The van der Waals surface area contributed by atoms with Gasteiger partial charge in [-0.25, -0.2) is 0 Å². The fourth-order valence-corrected chi connectivity index (χ4v) is 1.72. The van der Waals surface area contributed by atoms with Crippen LogP contribution in [0, 0.1) is 10.8 Å². The van der Waals surface area contributed by atoms with Gasteiger partial charge in [0.15, 0.2) is 0 Å². The molecule has 62 valence electrons. The van der Waals surface area contributed by atoms with Gasteiger partial charge in [0.05, 0.1) is 10.8 Å². The number of fused-ring (bicyclic) bond motifs is 1. The first-order valence-corrected chi connectivity index (χ1v) is 3.16. The number of carboxylic acids is 1. The van der Waals surface area contributed by atoms with E-state index in [-0.39, 0.29) is 12.8 Å². The number of carboxylic acid groups (broad SMARTS) is 1. The first-order valence-electron chi connectivity index (χ1n) is 3.16. The van der Waals surface area contributed by atoms with Gasteiger partial charge in [-0.05, 0) is 12.8 Å². The summed E-state index contributed by atoms with van der Waals surface area (Å²) in [7, 11) is 0. The maximum absolute atomic E-state index is 12.0. The van der Waals surface area contributed by atoms with E-state index in [0.29, 0.717) is 0 Å². The first kappa shape index (κ1) is 6.94. The lowest BCUT2D eigenvalue weighted by Gasteiger charge is -2.06. The summed E-state index contributed by atoms with van der Waals surface area (Å²) in [4.78, 5) is 10.3. The molecule has 0 aromatic heterocycles. The number of hydrogen-bond acceptors (Lipinski definition) is 1. The molecule has 1 N–H and O–H groups in total. The number of carbonyl (C=O) groups is 1. The topological polar surface area (TPSA) is 37.3 Å². The van der Waals surface area contributed by atoms with Crippen LogP contribution >= 0.6 is 0 Å². The largest absolute Gasteiger partial charge is 0.481 e. The van der Waals surface area contributed by atoms with Crippen molar-refractivity contribution in [2.45, 2.75) is 19.0 Å². The molecule has 5 heteroatoms. The highest BCUT2D eigenvalue weighted by molar-refractivity contribution is 5.86. The smallest absolute Gasteiger partial charge is 0.395 e. The van der Waals surface area contributed by atoms with E-state index in [1.807, 2.05) is 0 Å². The van der Waals surface area contributed by atoms with E-state index >= 15 is 0 Å². The monoisotopic (exact) mass is 166 g/mol. The Morgan fingerprint density at radius 3 is 1.91 bits per heavy atom. The maximum Gasteiger partial charge on any atom is 0.395 e. The lowest BCUT2D eigenvalue weighted by Crippen LogP contribution is -2.16. The van der Waals surface area contributed by atoms with Crippen LogP contribution in [0.5, 0.6) is 0 Å². The molecule has 11 heavy (non-hydrogen) atoms. The van der Waals surface area contributed by atoms with Crippen LogP contribution in [-0.4, -0.2) is 17.3 Å². The van der Waals surface area contributed by atoms with E-state index in [2.05, 4.69) is 0 Å². The van der Waals surface area contributed by atoms with Crippen molar-refractivity contribution in [3.8, 4) is 0 Å². The van der Waals surface area contributed by atoms with Gasteiger partial charge in [-0.1, -0.05) is 0 Å². The number of rotatable bonds is 1. The van der Waals surface area contributed by atoms with Crippen LogP contribution < -0.4 is 0 Å². The maximum atomic E-state index is 12.0. The Labute approximate surface area is 60.0 Å². The van der Waals surface area contributed by atoms with E-state index in [4.69, 9.17) is 5.11 Å². The highest BCUT2D eigenvalue weighted by atomic mass is 19.4. The van der Waals surface area contributed by atoms with Crippen molar-refractivity contribution >= 4 is 5.97 Å². The molecular formula is C6H5F3O2. The Hall–Kier alpha value is -0.740. The van der Waals surface area contributed by atoms with Crippen molar-refractivity contribution in [1.82, 2.24) is 0 Å². The second-order valence-electron chi connectivity index (χ2n) is 3.32. The lowest BCUT2D eigenvalue weighted by molar-refractivity contribution is -0.170. The zero-order valence-electron chi connectivity index (χ0n) is 5.40. The molecule has 2 nitrogen and oxygen atoms in total. The Morgan fingerprint density at radius 2 is 1.82 bits per heavy atom. The minimum atomic E-state index is -4.31. The standard InChI is InChI=1S/C6H5F3O2/c7-6(8,9)5-1-4(5,2-5)3(10)11/h1-2H2,(H,10,11). The van der Waals surface area contributed by atoms with Gasteiger partial charge < -0.3 is 5.11 Å². The van der Waals surface area contributed by atoms with Crippen LogP contribution in [0.15, 0.2) is 0 Å². The van der Waals surface area contributed by atoms with Crippen LogP contribution in [0.2, 0.25) is 0 Å². The van der Waals surface area contributed by atoms with Crippen LogP contribution in [-0.2, 0) is 4.79 Å². The van der Waals surface area contributed by atoms with Crippen molar-refractivity contribution < 1.29 is 23.1 Å². The molecule has 2 fully saturated rings. The molecule has 0 spiro atoms. The Kier molecular flexibility index (Phi) is 0.804. The van der Waals surface area contributed by atoms with Crippen molar-refractivity contribution in [3.63, 3.8) is 0 Å². The molecule has 0 aromatic carbocycles. The SMILES string of the molecule is O=C(O)C12CC1(C(F)(F)F)C2. The third kappa shape index (κ3) is 0.499. The van der Waals surface area contributed by atoms with E-state index in [0.717, 1.165) is 0 Å². The minimum absolute atomic E-state index is 0.209. The van der Waals surface area contributed by atoms with Gasteiger partial charge in [-0.3, -0.25) is 4.79 Å². The van der Waals surface area contributed by atoms with Gasteiger partial charge in [0.1, 0.15) is 0 Å².